The molecule has 90 valence electrons. The van der Waals surface area contributed by atoms with Crippen LogP contribution in [-0.4, -0.2) is 16.0 Å². The van der Waals surface area contributed by atoms with Gasteiger partial charge in [0.05, 0.1) is 10.8 Å². The fraction of sp³-hybridized carbons (Fsp3) is 0.0714. The molecule has 0 radical (unpaired) electrons. The first-order valence-electron chi connectivity index (χ1n) is 5.46. The summed E-state index contributed by atoms with van der Waals surface area (Å²) in [7, 11) is 0. The normalized spacial score (nSPS) is 11.2. The van der Waals surface area contributed by atoms with Gasteiger partial charge >= 0.3 is 0 Å². The molecule has 0 spiro atoms. The van der Waals surface area contributed by atoms with Gasteiger partial charge in [-0.3, -0.25) is 4.79 Å². The summed E-state index contributed by atoms with van der Waals surface area (Å²) in [4.78, 5) is 11.3. The molecule has 4 nitrogen and oxygen atoms in total. The van der Waals surface area contributed by atoms with Gasteiger partial charge in [0, 0.05) is 6.92 Å². The van der Waals surface area contributed by atoms with Crippen LogP contribution < -0.4 is 0 Å². The third kappa shape index (κ3) is 1.35. The van der Waals surface area contributed by atoms with Crippen molar-refractivity contribution < 1.29 is 19.4 Å². The molecule has 0 aliphatic rings. The van der Waals surface area contributed by atoms with Crippen molar-refractivity contribution in [1.82, 2.24) is 0 Å². The van der Waals surface area contributed by atoms with Gasteiger partial charge < -0.3 is 14.6 Å². The Morgan fingerprint density at radius 3 is 2.72 bits per heavy atom. The van der Waals surface area contributed by atoms with Crippen LogP contribution >= 0.6 is 0 Å². The number of benzene rings is 2. The summed E-state index contributed by atoms with van der Waals surface area (Å²) in [5, 5.41) is 21.4. The Labute approximate surface area is 102 Å². The third-order valence-corrected chi connectivity index (χ3v) is 2.96. The number of carbonyl (C=O) groups is 1. The lowest BCUT2D eigenvalue weighted by molar-refractivity contribution is 0.0989. The molecule has 0 aliphatic carbocycles. The molecule has 0 bridgehead atoms. The number of aromatic hydroxyl groups is 2. The first-order valence-corrected chi connectivity index (χ1v) is 5.46. The summed E-state index contributed by atoms with van der Waals surface area (Å²) in [5.74, 6) is -0.0942. The largest absolute Gasteiger partial charge is 0.507 e. The number of hydrogen-bond acceptors (Lipinski definition) is 4. The molecular weight excluding hydrogens is 232 g/mol. The smallest absolute Gasteiger partial charge is 0.194 e. The number of rotatable bonds is 1. The number of ketones is 1. The van der Waals surface area contributed by atoms with E-state index in [0.717, 1.165) is 0 Å². The van der Waals surface area contributed by atoms with Crippen LogP contribution in [0.1, 0.15) is 17.5 Å². The van der Waals surface area contributed by atoms with Crippen LogP contribution in [0.4, 0.5) is 0 Å². The first kappa shape index (κ1) is 10.7. The number of phenols is 2. The van der Waals surface area contributed by atoms with Crippen molar-refractivity contribution in [1.29, 1.82) is 0 Å². The molecule has 0 amide bonds. The fourth-order valence-corrected chi connectivity index (χ4v) is 2.08. The first-order chi connectivity index (χ1) is 8.58. The van der Waals surface area contributed by atoms with Gasteiger partial charge in [-0.2, -0.15) is 0 Å². The second kappa shape index (κ2) is 3.50. The highest BCUT2D eigenvalue weighted by molar-refractivity contribution is 6.08. The van der Waals surface area contributed by atoms with Crippen LogP contribution in [0.15, 0.2) is 34.7 Å². The average molecular weight is 242 g/mol. The van der Waals surface area contributed by atoms with E-state index in [1.165, 1.54) is 19.1 Å². The quantitative estimate of drug-likeness (QED) is 0.643. The summed E-state index contributed by atoms with van der Waals surface area (Å²) in [5.41, 5.74) is 0.427. The Balaban J connectivity index is 2.49. The second-order valence-electron chi connectivity index (χ2n) is 4.18. The minimum absolute atomic E-state index is 0.00234. The molecule has 3 aromatic rings. The van der Waals surface area contributed by atoms with E-state index in [1.54, 1.807) is 18.2 Å². The van der Waals surface area contributed by atoms with Gasteiger partial charge in [0.25, 0.3) is 0 Å². The Morgan fingerprint density at radius 2 is 2.00 bits per heavy atom. The van der Waals surface area contributed by atoms with Crippen LogP contribution in [0.2, 0.25) is 0 Å². The van der Waals surface area contributed by atoms with Crippen LogP contribution in [-0.2, 0) is 0 Å². The van der Waals surface area contributed by atoms with Gasteiger partial charge in [-0.05, 0) is 23.6 Å². The van der Waals surface area contributed by atoms with Crippen LogP contribution in [0.3, 0.4) is 0 Å². The molecule has 1 heterocycles. The van der Waals surface area contributed by atoms with Crippen LogP contribution in [0.5, 0.6) is 11.5 Å². The molecule has 1 aromatic heterocycles. The van der Waals surface area contributed by atoms with Crippen molar-refractivity contribution in [2.45, 2.75) is 6.92 Å². The molecule has 3 rings (SSSR count). The Hall–Kier alpha value is -2.49. The number of Topliss-reactive ketones (excluding diaryl/α,β-unsaturated/α-hetero) is 1. The van der Waals surface area contributed by atoms with Gasteiger partial charge in [-0.15, -0.1) is 0 Å². The van der Waals surface area contributed by atoms with Crippen molar-refractivity contribution in [2.75, 3.05) is 0 Å². The summed E-state index contributed by atoms with van der Waals surface area (Å²) < 4.78 is 5.37. The zero-order chi connectivity index (χ0) is 12.9. The topological polar surface area (TPSA) is 70.7 Å². The monoisotopic (exact) mass is 242 g/mol. The highest BCUT2D eigenvalue weighted by Crippen LogP contribution is 2.39. The Bertz CT molecular complexity index is 783. The van der Waals surface area contributed by atoms with Gasteiger partial charge in [0.1, 0.15) is 17.1 Å². The van der Waals surface area contributed by atoms with Gasteiger partial charge in [0.15, 0.2) is 11.5 Å². The van der Waals surface area contributed by atoms with E-state index in [9.17, 15) is 15.0 Å². The lowest BCUT2D eigenvalue weighted by atomic mass is 10.1. The fourth-order valence-electron chi connectivity index (χ4n) is 2.08. The minimum Gasteiger partial charge on any atom is -0.507 e. The van der Waals surface area contributed by atoms with Gasteiger partial charge in [0.2, 0.25) is 0 Å². The maximum atomic E-state index is 11.3. The zero-order valence-electron chi connectivity index (χ0n) is 9.60. The summed E-state index contributed by atoms with van der Waals surface area (Å²) in [6.07, 6.45) is 0. The van der Waals surface area contributed by atoms with Gasteiger partial charge in [-0.1, -0.05) is 12.1 Å². The van der Waals surface area contributed by atoms with Crippen molar-refractivity contribution >= 4 is 27.5 Å². The average Bonchev–Trinajstić information content (AvgIpc) is 2.73. The number of fused-ring (bicyclic) bond motifs is 2. The molecule has 0 aliphatic heterocycles. The molecule has 0 unspecified atom stereocenters. The van der Waals surface area contributed by atoms with E-state index >= 15 is 0 Å². The van der Waals surface area contributed by atoms with Crippen molar-refractivity contribution in [3.8, 4) is 11.5 Å². The highest BCUT2D eigenvalue weighted by atomic mass is 16.3. The molecule has 0 fully saturated rings. The maximum absolute atomic E-state index is 11.3. The van der Waals surface area contributed by atoms with Crippen molar-refractivity contribution in [3.05, 3.63) is 36.1 Å². The molecule has 0 atom stereocenters. The second-order valence-corrected chi connectivity index (χ2v) is 4.18. The van der Waals surface area contributed by atoms with E-state index in [2.05, 4.69) is 0 Å². The van der Waals surface area contributed by atoms with Crippen LogP contribution in [0.25, 0.3) is 21.7 Å². The lowest BCUT2D eigenvalue weighted by Crippen LogP contribution is -1.85. The summed E-state index contributed by atoms with van der Waals surface area (Å²) in [6, 6.07) is 8.11. The summed E-state index contributed by atoms with van der Waals surface area (Å²) in [6.45, 7) is 1.39. The SMILES string of the molecule is CC(=O)c1cc2c(O)c3c(O)cccc3cc2o1. The predicted octanol–water partition coefficient (Wildman–Crippen LogP) is 3.20. The van der Waals surface area contributed by atoms with E-state index in [0.29, 0.717) is 21.7 Å². The molecule has 4 heteroatoms. The van der Waals surface area contributed by atoms with E-state index < -0.39 is 0 Å². The molecule has 2 N–H and O–H groups in total. The summed E-state index contributed by atoms with van der Waals surface area (Å²) >= 11 is 0. The highest BCUT2D eigenvalue weighted by Gasteiger charge is 2.15. The minimum atomic E-state index is -0.209. The Morgan fingerprint density at radius 1 is 1.22 bits per heavy atom. The number of phenolic OH excluding ortho intramolecular Hbond substituents is 2. The molecular formula is C14H10O4. The maximum Gasteiger partial charge on any atom is 0.194 e. The third-order valence-electron chi connectivity index (χ3n) is 2.96. The standard InChI is InChI=1S/C14H10O4/c1-7(15)11-6-9-12(18-11)5-8-3-2-4-10(16)13(8)14(9)17/h2-6,16-17H,1H3. The molecule has 0 saturated carbocycles. The molecule has 2 aromatic carbocycles. The van der Waals surface area contributed by atoms with Gasteiger partial charge in [-0.25, -0.2) is 0 Å². The van der Waals surface area contributed by atoms with Crippen molar-refractivity contribution in [3.63, 3.8) is 0 Å². The number of furan rings is 1. The van der Waals surface area contributed by atoms with Crippen molar-refractivity contribution in [2.24, 2.45) is 0 Å². The zero-order valence-corrected chi connectivity index (χ0v) is 9.60. The Kier molecular flexibility index (Phi) is 2.07. The number of hydrogen-bond donors (Lipinski definition) is 2. The van der Waals surface area contributed by atoms with E-state index in [-0.39, 0.29) is 23.0 Å². The number of carbonyl (C=O) groups excluding carboxylic acids is 1. The molecule has 0 saturated heterocycles. The predicted molar refractivity (Wildman–Crippen MR) is 67.1 cm³/mol. The lowest BCUT2D eigenvalue weighted by Gasteiger charge is -2.03. The molecule has 18 heavy (non-hydrogen) atoms. The van der Waals surface area contributed by atoms with E-state index in [1.807, 2.05) is 0 Å². The van der Waals surface area contributed by atoms with Crippen LogP contribution in [0, 0.1) is 0 Å². The van der Waals surface area contributed by atoms with E-state index in [4.69, 9.17) is 4.42 Å².